The molecule has 2 amide bonds. The molecule has 0 aromatic heterocycles. The zero-order valence-electron chi connectivity index (χ0n) is 23.4. The maximum absolute atomic E-state index is 12.6. The molecule has 2 aliphatic heterocycles. The summed E-state index contributed by atoms with van der Waals surface area (Å²) < 4.78 is 16.2. The van der Waals surface area contributed by atoms with Gasteiger partial charge in [-0.25, -0.2) is 9.59 Å². The van der Waals surface area contributed by atoms with Gasteiger partial charge in [0.1, 0.15) is 18.4 Å². The Morgan fingerprint density at radius 2 is 1.90 bits per heavy atom. The summed E-state index contributed by atoms with van der Waals surface area (Å²) in [5, 5.41) is 27.8. The second-order valence-electron chi connectivity index (χ2n) is 10.8. The van der Waals surface area contributed by atoms with Crippen molar-refractivity contribution < 1.29 is 29.0 Å². The van der Waals surface area contributed by atoms with E-state index >= 15 is 0 Å². The standard InChI is InChI=1S/C28H38N5O7/c1-28(2,3)40-26(34)30-14-13-29-25(38-4)19-9-10-23(24(17-19)33(36)37)31-15-11-21(12-16-31)32-22-8-6-5-7-20(22)18-39-27(32)35/h5-10,17,21,25,29,36H,11-16,18H2,1-4H3,(H,30,34)/q-1. The number of piperidine rings is 1. The molecule has 2 aliphatic rings. The Morgan fingerprint density at radius 1 is 1.18 bits per heavy atom. The van der Waals surface area contributed by atoms with Gasteiger partial charge in [-0.05, 0) is 57.4 Å². The van der Waals surface area contributed by atoms with Crippen molar-refractivity contribution >= 4 is 29.2 Å². The molecule has 2 heterocycles. The summed E-state index contributed by atoms with van der Waals surface area (Å²) in [4.78, 5) is 28.2. The third-order valence-electron chi connectivity index (χ3n) is 6.84. The number of hydrogen-bond donors (Lipinski definition) is 3. The van der Waals surface area contributed by atoms with E-state index in [0.29, 0.717) is 50.3 Å². The number of nitrogens with one attached hydrogen (secondary N) is 2. The molecule has 2 aromatic rings. The molecule has 40 heavy (non-hydrogen) atoms. The summed E-state index contributed by atoms with van der Waals surface area (Å²) >= 11 is 0. The van der Waals surface area contributed by atoms with Crippen LogP contribution in [0.4, 0.5) is 26.7 Å². The van der Waals surface area contributed by atoms with Gasteiger partial charge in [-0.15, -0.1) is 0 Å². The van der Waals surface area contributed by atoms with Crippen molar-refractivity contribution in [2.24, 2.45) is 0 Å². The van der Waals surface area contributed by atoms with Crippen LogP contribution >= 0.6 is 0 Å². The molecule has 3 N–H and O–H groups in total. The van der Waals surface area contributed by atoms with Crippen LogP contribution in [0.15, 0.2) is 42.5 Å². The number of ether oxygens (including phenoxy) is 3. The van der Waals surface area contributed by atoms with Crippen molar-refractivity contribution in [2.75, 3.05) is 48.3 Å². The highest BCUT2D eigenvalue weighted by Crippen LogP contribution is 2.36. The molecule has 1 atom stereocenters. The van der Waals surface area contributed by atoms with Crippen LogP contribution in [0.25, 0.3) is 0 Å². The highest BCUT2D eigenvalue weighted by Gasteiger charge is 2.34. The van der Waals surface area contributed by atoms with Crippen molar-refractivity contribution in [3.05, 3.63) is 58.8 Å². The van der Waals surface area contributed by atoms with Crippen molar-refractivity contribution in [2.45, 2.75) is 58.1 Å². The molecule has 0 saturated carbocycles. The van der Waals surface area contributed by atoms with E-state index in [1.54, 1.807) is 37.8 Å². The molecule has 2 aromatic carbocycles. The number of para-hydroxylation sites is 1. The second-order valence-corrected chi connectivity index (χ2v) is 10.8. The van der Waals surface area contributed by atoms with Gasteiger partial charge in [-0.2, -0.15) is 0 Å². The van der Waals surface area contributed by atoms with Crippen LogP contribution < -0.4 is 25.7 Å². The van der Waals surface area contributed by atoms with Crippen molar-refractivity contribution in [3.63, 3.8) is 0 Å². The normalized spacial score (nSPS) is 16.7. The lowest BCUT2D eigenvalue weighted by molar-refractivity contribution is 0.0512. The average Bonchev–Trinajstić information content (AvgIpc) is 2.92. The summed E-state index contributed by atoms with van der Waals surface area (Å²) in [5.41, 5.74) is 2.58. The Hall–Kier alpha value is -3.58. The first kappa shape index (κ1) is 29.4. The van der Waals surface area contributed by atoms with Crippen LogP contribution in [-0.2, 0) is 20.8 Å². The first-order valence-electron chi connectivity index (χ1n) is 13.4. The number of amides is 2. The van der Waals surface area contributed by atoms with E-state index in [1.807, 2.05) is 35.2 Å². The Labute approximate surface area is 234 Å². The van der Waals surface area contributed by atoms with Crippen LogP contribution in [0.3, 0.4) is 0 Å². The first-order chi connectivity index (χ1) is 19.1. The molecule has 218 valence electrons. The van der Waals surface area contributed by atoms with Crippen molar-refractivity contribution in [3.8, 4) is 0 Å². The topological polar surface area (TPSA) is 139 Å². The number of nitrogens with zero attached hydrogens (tertiary/aromatic N) is 3. The number of rotatable bonds is 9. The lowest BCUT2D eigenvalue weighted by atomic mass is 9.99. The van der Waals surface area contributed by atoms with Crippen LogP contribution in [0.5, 0.6) is 0 Å². The van der Waals surface area contributed by atoms with E-state index < -0.39 is 17.9 Å². The Balaban J connectivity index is 1.38. The Kier molecular flexibility index (Phi) is 9.36. The summed E-state index contributed by atoms with van der Waals surface area (Å²) in [5.74, 6) is 0. The molecule has 1 unspecified atom stereocenters. The lowest BCUT2D eigenvalue weighted by Gasteiger charge is -2.42. The van der Waals surface area contributed by atoms with E-state index in [-0.39, 0.29) is 29.7 Å². The fourth-order valence-electron chi connectivity index (χ4n) is 5.03. The van der Waals surface area contributed by atoms with E-state index in [0.717, 1.165) is 11.3 Å². The average molecular weight is 557 g/mol. The maximum atomic E-state index is 12.6. The quantitative estimate of drug-likeness (QED) is 0.233. The summed E-state index contributed by atoms with van der Waals surface area (Å²) in [7, 11) is 1.52. The van der Waals surface area contributed by atoms with E-state index in [4.69, 9.17) is 14.2 Å². The zero-order valence-corrected chi connectivity index (χ0v) is 23.4. The zero-order chi connectivity index (χ0) is 28.9. The molecule has 12 heteroatoms. The van der Waals surface area contributed by atoms with Gasteiger partial charge in [0.25, 0.3) is 0 Å². The van der Waals surface area contributed by atoms with Crippen LogP contribution in [0.1, 0.15) is 51.0 Å². The fraction of sp³-hybridized carbons (Fsp3) is 0.500. The molecule has 4 rings (SSSR count). The van der Waals surface area contributed by atoms with Gasteiger partial charge in [0.15, 0.2) is 0 Å². The number of benzene rings is 2. The highest BCUT2D eigenvalue weighted by atomic mass is 16.8. The SMILES string of the molecule is COC(NCCNC(=O)OC(C)(C)C)c1ccc(N2CCC(N3C(=O)OCc4ccccc43)CC2)c(N([O-])O)c1. The molecule has 1 saturated heterocycles. The van der Waals surface area contributed by atoms with Gasteiger partial charge >= 0.3 is 12.2 Å². The minimum Gasteiger partial charge on any atom is -0.733 e. The molecule has 12 nitrogen and oxygen atoms in total. The maximum Gasteiger partial charge on any atom is 0.414 e. The number of alkyl carbamates (subject to hydrolysis) is 1. The molecule has 0 radical (unpaired) electrons. The Bertz CT molecular complexity index is 1180. The van der Waals surface area contributed by atoms with Crippen LogP contribution in [0, 0.1) is 5.21 Å². The number of fused-ring (bicyclic) bond motifs is 1. The smallest absolute Gasteiger partial charge is 0.414 e. The molecular formula is C28H38N5O7-. The van der Waals surface area contributed by atoms with Gasteiger partial charge < -0.3 is 34.9 Å². The molecule has 1 fully saturated rings. The minimum atomic E-state index is -0.584. The number of cyclic esters (lactones) is 1. The van der Waals surface area contributed by atoms with Crippen molar-refractivity contribution in [1.82, 2.24) is 10.6 Å². The largest absolute Gasteiger partial charge is 0.733 e. The second kappa shape index (κ2) is 12.7. The van der Waals surface area contributed by atoms with Gasteiger partial charge in [0, 0.05) is 44.9 Å². The van der Waals surface area contributed by atoms with E-state index in [9.17, 15) is 20.0 Å². The minimum absolute atomic E-state index is 0.0400. The molecule has 0 spiro atoms. The van der Waals surface area contributed by atoms with E-state index in [2.05, 4.69) is 10.6 Å². The highest BCUT2D eigenvalue weighted by molar-refractivity contribution is 5.91. The third kappa shape index (κ3) is 7.13. The number of hydrogen-bond acceptors (Lipinski definition) is 10. The van der Waals surface area contributed by atoms with Gasteiger partial charge in [-0.3, -0.25) is 15.4 Å². The van der Waals surface area contributed by atoms with Gasteiger partial charge in [0.2, 0.25) is 0 Å². The summed E-state index contributed by atoms with van der Waals surface area (Å²) in [6.45, 7) is 7.49. The summed E-state index contributed by atoms with van der Waals surface area (Å²) in [6, 6.07) is 12.9. The number of anilines is 3. The summed E-state index contributed by atoms with van der Waals surface area (Å²) in [6.07, 6.45) is -0.0991. The van der Waals surface area contributed by atoms with Crippen LogP contribution in [-0.4, -0.2) is 62.3 Å². The Morgan fingerprint density at radius 3 is 2.58 bits per heavy atom. The third-order valence-corrected chi connectivity index (χ3v) is 6.84. The van der Waals surface area contributed by atoms with Gasteiger partial charge in [-0.1, -0.05) is 24.3 Å². The lowest BCUT2D eigenvalue weighted by Crippen LogP contribution is -2.49. The van der Waals surface area contributed by atoms with Crippen molar-refractivity contribution in [1.29, 1.82) is 0 Å². The molecule has 0 bridgehead atoms. The predicted molar refractivity (Wildman–Crippen MR) is 150 cm³/mol. The monoisotopic (exact) mass is 556 g/mol. The van der Waals surface area contributed by atoms with Gasteiger partial charge in [0.05, 0.1) is 17.1 Å². The number of carbonyl (C=O) groups excluding carboxylic acids is 2. The number of carbonyl (C=O) groups is 2. The van der Waals surface area contributed by atoms with Crippen LogP contribution in [0.2, 0.25) is 0 Å². The fourth-order valence-corrected chi connectivity index (χ4v) is 5.03. The molecule has 0 aliphatic carbocycles. The first-order valence-corrected chi connectivity index (χ1v) is 13.4. The van der Waals surface area contributed by atoms with E-state index in [1.165, 1.54) is 7.11 Å². The number of methoxy groups -OCH3 is 1. The molecular weight excluding hydrogens is 518 g/mol. The predicted octanol–water partition coefficient (Wildman–Crippen LogP) is 4.26.